The van der Waals surface area contributed by atoms with Crippen LogP contribution < -0.4 is 9.46 Å². The Labute approximate surface area is 130 Å². The quantitative estimate of drug-likeness (QED) is 0.829. The van der Waals surface area contributed by atoms with Crippen LogP contribution in [0, 0.1) is 5.92 Å². The van der Waals surface area contributed by atoms with E-state index in [1.807, 2.05) is 13.8 Å². The molecule has 0 bridgehead atoms. The maximum Gasteiger partial charge on any atom is 0.244 e. The van der Waals surface area contributed by atoms with Crippen LogP contribution in [0.25, 0.3) is 0 Å². The van der Waals surface area contributed by atoms with Gasteiger partial charge in [0, 0.05) is 6.04 Å². The monoisotopic (exact) mass is 324 g/mol. The first-order valence-corrected chi connectivity index (χ1v) is 8.42. The minimum atomic E-state index is -3.69. The first kappa shape index (κ1) is 16.4. The smallest absolute Gasteiger partial charge is 0.244 e. The van der Waals surface area contributed by atoms with Crippen molar-refractivity contribution in [2.24, 2.45) is 5.92 Å². The molecule has 0 aliphatic carbocycles. The van der Waals surface area contributed by atoms with Crippen molar-refractivity contribution in [3.8, 4) is 5.75 Å². The van der Waals surface area contributed by atoms with Crippen molar-refractivity contribution < 1.29 is 13.2 Å². The zero-order valence-corrected chi connectivity index (χ0v) is 13.6. The highest BCUT2D eigenvalue weighted by Crippen LogP contribution is 2.23. The van der Waals surface area contributed by atoms with Crippen LogP contribution in [0.15, 0.2) is 41.6 Å². The third-order valence-electron chi connectivity index (χ3n) is 3.30. The van der Waals surface area contributed by atoms with Gasteiger partial charge in [-0.3, -0.25) is 0 Å². The van der Waals surface area contributed by atoms with Gasteiger partial charge in [-0.15, -0.1) is 0 Å². The van der Waals surface area contributed by atoms with E-state index in [9.17, 15) is 8.42 Å². The van der Waals surface area contributed by atoms with E-state index >= 15 is 0 Å². The van der Waals surface area contributed by atoms with Crippen molar-refractivity contribution in [2.45, 2.75) is 31.3 Å². The normalized spacial score (nSPS) is 13.3. The Hall–Kier alpha value is -1.93. The number of hydrogen-bond acceptors (Lipinski definition) is 5. The number of rotatable bonds is 7. The molecule has 1 aromatic carbocycles. The largest absolute Gasteiger partial charge is 0.495 e. The number of para-hydroxylation sites is 1. The molecule has 2 aromatic rings. The molecule has 0 saturated heterocycles. The predicted molar refractivity (Wildman–Crippen MR) is 82.0 cm³/mol. The number of benzene rings is 1. The molecule has 8 heteroatoms. The highest BCUT2D eigenvalue weighted by molar-refractivity contribution is 7.89. The molecule has 1 unspecified atom stereocenters. The zero-order valence-electron chi connectivity index (χ0n) is 12.8. The summed E-state index contributed by atoms with van der Waals surface area (Å²) >= 11 is 0. The Morgan fingerprint density at radius 3 is 2.45 bits per heavy atom. The molecular formula is C14H20N4O3S. The Morgan fingerprint density at radius 2 is 1.86 bits per heavy atom. The second-order valence-electron chi connectivity index (χ2n) is 5.21. The fourth-order valence-electron chi connectivity index (χ4n) is 2.00. The standard InChI is InChI=1S/C14H20N4O3S/c1-11(2)12(10-18-15-8-9-16-18)17-22(19,20)14-7-5-4-6-13(14)21-3/h4-9,11-12,17H,10H2,1-3H3. The molecule has 22 heavy (non-hydrogen) atoms. The summed E-state index contributed by atoms with van der Waals surface area (Å²) in [6, 6.07) is 6.20. The van der Waals surface area contributed by atoms with Gasteiger partial charge < -0.3 is 4.74 Å². The van der Waals surface area contributed by atoms with Gasteiger partial charge in [-0.2, -0.15) is 15.0 Å². The van der Waals surface area contributed by atoms with Crippen molar-refractivity contribution >= 4 is 10.0 Å². The van der Waals surface area contributed by atoms with Crippen LogP contribution >= 0.6 is 0 Å². The number of methoxy groups -OCH3 is 1. The third-order valence-corrected chi connectivity index (χ3v) is 4.83. The van der Waals surface area contributed by atoms with Gasteiger partial charge in [-0.1, -0.05) is 26.0 Å². The lowest BCUT2D eigenvalue weighted by molar-refractivity contribution is 0.360. The maximum atomic E-state index is 12.6. The fraction of sp³-hybridized carbons (Fsp3) is 0.429. The van der Waals surface area contributed by atoms with Crippen molar-refractivity contribution in [2.75, 3.05) is 7.11 Å². The molecule has 1 N–H and O–H groups in total. The number of sulfonamides is 1. The Balaban J connectivity index is 2.24. The van der Waals surface area contributed by atoms with Gasteiger partial charge in [0.15, 0.2) is 0 Å². The average Bonchev–Trinajstić information content (AvgIpc) is 2.99. The lowest BCUT2D eigenvalue weighted by atomic mass is 10.1. The number of nitrogens with one attached hydrogen (secondary N) is 1. The van der Waals surface area contributed by atoms with Gasteiger partial charge in [0.25, 0.3) is 0 Å². The topological polar surface area (TPSA) is 86.1 Å². The molecule has 2 rings (SSSR count). The minimum absolute atomic E-state index is 0.0792. The van der Waals surface area contributed by atoms with Gasteiger partial charge in [-0.05, 0) is 18.1 Å². The van der Waals surface area contributed by atoms with E-state index in [0.717, 1.165) is 0 Å². The summed E-state index contributed by atoms with van der Waals surface area (Å²) < 4.78 is 33.1. The van der Waals surface area contributed by atoms with Crippen LogP contribution in [0.1, 0.15) is 13.8 Å². The lowest BCUT2D eigenvalue weighted by Gasteiger charge is -2.22. The second-order valence-corrected chi connectivity index (χ2v) is 6.89. The Morgan fingerprint density at radius 1 is 1.23 bits per heavy atom. The summed E-state index contributed by atoms with van der Waals surface area (Å²) in [5.74, 6) is 0.394. The van der Waals surface area contributed by atoms with Crippen LogP contribution in [-0.2, 0) is 16.6 Å². The number of ether oxygens (including phenoxy) is 1. The van der Waals surface area contributed by atoms with Gasteiger partial charge in [-0.25, -0.2) is 13.1 Å². The van der Waals surface area contributed by atoms with Gasteiger partial charge >= 0.3 is 0 Å². The Bertz CT molecular complexity index is 699. The summed E-state index contributed by atoms with van der Waals surface area (Å²) in [5, 5.41) is 8.04. The molecule has 0 aliphatic rings. The van der Waals surface area contributed by atoms with E-state index < -0.39 is 10.0 Å². The van der Waals surface area contributed by atoms with E-state index in [2.05, 4.69) is 14.9 Å². The van der Waals surface area contributed by atoms with Crippen LogP contribution in [0.2, 0.25) is 0 Å². The second kappa shape index (κ2) is 6.89. The van der Waals surface area contributed by atoms with Crippen LogP contribution in [-0.4, -0.2) is 36.6 Å². The molecule has 0 spiro atoms. The molecule has 0 fully saturated rings. The third kappa shape index (κ3) is 3.83. The van der Waals surface area contributed by atoms with Crippen molar-refractivity contribution in [3.05, 3.63) is 36.7 Å². The molecule has 1 aromatic heterocycles. The van der Waals surface area contributed by atoms with Gasteiger partial charge in [0.05, 0.1) is 26.0 Å². The van der Waals surface area contributed by atoms with E-state index in [1.54, 1.807) is 30.6 Å². The van der Waals surface area contributed by atoms with E-state index in [4.69, 9.17) is 4.74 Å². The lowest BCUT2D eigenvalue weighted by Crippen LogP contribution is -2.42. The molecule has 1 atom stereocenters. The Kier molecular flexibility index (Phi) is 5.15. The fourth-order valence-corrected chi connectivity index (χ4v) is 3.55. The minimum Gasteiger partial charge on any atom is -0.495 e. The molecule has 0 aliphatic heterocycles. The van der Waals surface area contributed by atoms with Gasteiger partial charge in [0.2, 0.25) is 10.0 Å². The summed E-state index contributed by atoms with van der Waals surface area (Å²) in [7, 11) is -2.25. The molecule has 0 radical (unpaired) electrons. The summed E-state index contributed by atoms with van der Waals surface area (Å²) in [4.78, 5) is 1.59. The summed E-state index contributed by atoms with van der Waals surface area (Å²) in [6.07, 6.45) is 3.12. The van der Waals surface area contributed by atoms with Crippen molar-refractivity contribution in [3.63, 3.8) is 0 Å². The maximum absolute atomic E-state index is 12.6. The van der Waals surface area contributed by atoms with E-state index in [0.29, 0.717) is 12.3 Å². The number of aromatic nitrogens is 3. The molecule has 0 amide bonds. The first-order valence-electron chi connectivity index (χ1n) is 6.93. The molecular weight excluding hydrogens is 304 g/mol. The number of hydrogen-bond donors (Lipinski definition) is 1. The summed E-state index contributed by atoms with van der Waals surface area (Å²) in [5.41, 5.74) is 0. The average molecular weight is 324 g/mol. The van der Waals surface area contributed by atoms with Crippen molar-refractivity contribution in [1.82, 2.24) is 19.7 Å². The molecule has 7 nitrogen and oxygen atoms in total. The predicted octanol–water partition coefficient (Wildman–Crippen LogP) is 1.29. The molecule has 1 heterocycles. The van der Waals surface area contributed by atoms with Crippen molar-refractivity contribution in [1.29, 1.82) is 0 Å². The van der Waals surface area contributed by atoms with E-state index in [-0.39, 0.29) is 16.9 Å². The van der Waals surface area contributed by atoms with Crippen LogP contribution in [0.5, 0.6) is 5.75 Å². The molecule has 120 valence electrons. The molecule has 0 saturated carbocycles. The highest BCUT2D eigenvalue weighted by atomic mass is 32.2. The first-order chi connectivity index (χ1) is 10.4. The number of nitrogens with zero attached hydrogens (tertiary/aromatic N) is 3. The SMILES string of the molecule is COc1ccccc1S(=O)(=O)NC(Cn1nccn1)C(C)C. The van der Waals surface area contributed by atoms with Gasteiger partial charge in [0.1, 0.15) is 10.6 Å². The summed E-state index contributed by atoms with van der Waals surface area (Å²) in [6.45, 7) is 4.25. The van der Waals surface area contributed by atoms with Crippen LogP contribution in [0.3, 0.4) is 0 Å². The van der Waals surface area contributed by atoms with Crippen LogP contribution in [0.4, 0.5) is 0 Å². The highest BCUT2D eigenvalue weighted by Gasteiger charge is 2.25. The zero-order chi connectivity index (χ0) is 16.2. The van der Waals surface area contributed by atoms with E-state index in [1.165, 1.54) is 18.0 Å².